The van der Waals surface area contributed by atoms with Crippen LogP contribution in [0.2, 0.25) is 0 Å². The van der Waals surface area contributed by atoms with Crippen LogP contribution in [0.3, 0.4) is 0 Å². The molecule has 1 rings (SSSR count). The lowest BCUT2D eigenvalue weighted by Gasteiger charge is -2.31. The fourth-order valence-corrected chi connectivity index (χ4v) is 3.15. The predicted molar refractivity (Wildman–Crippen MR) is 82.8 cm³/mol. The quantitative estimate of drug-likeness (QED) is 0.528. The Hall–Kier alpha value is 0.280. The summed E-state index contributed by atoms with van der Waals surface area (Å²) in [5.41, 5.74) is 0.497. The standard InChI is InChI=1S/C15H27Cl2N/c1-14(2,3)18-13-6-9-15(12-13,7-4-10-16)8-5-11-17/h6,9,13,18H,4-5,7-8,10-12H2,1-3H3. The van der Waals surface area contributed by atoms with Crippen molar-refractivity contribution in [1.82, 2.24) is 5.32 Å². The Kier molecular flexibility index (Phi) is 6.50. The van der Waals surface area contributed by atoms with Crippen molar-refractivity contribution in [2.75, 3.05) is 11.8 Å². The van der Waals surface area contributed by atoms with E-state index in [1.165, 1.54) is 19.3 Å². The summed E-state index contributed by atoms with van der Waals surface area (Å²) in [4.78, 5) is 0. The maximum Gasteiger partial charge on any atom is 0.0263 e. The Morgan fingerprint density at radius 2 is 1.72 bits per heavy atom. The maximum absolute atomic E-state index is 5.85. The van der Waals surface area contributed by atoms with E-state index in [1.54, 1.807) is 0 Å². The van der Waals surface area contributed by atoms with Crippen molar-refractivity contribution in [2.45, 2.75) is 64.5 Å². The lowest BCUT2D eigenvalue weighted by atomic mass is 9.78. The van der Waals surface area contributed by atoms with E-state index in [2.05, 4.69) is 38.2 Å². The fourth-order valence-electron chi connectivity index (χ4n) is 2.88. The van der Waals surface area contributed by atoms with E-state index in [0.29, 0.717) is 11.5 Å². The van der Waals surface area contributed by atoms with Crippen LogP contribution in [0.5, 0.6) is 0 Å². The Labute approximate surface area is 122 Å². The smallest absolute Gasteiger partial charge is 0.0263 e. The van der Waals surface area contributed by atoms with E-state index in [0.717, 1.165) is 24.6 Å². The Bertz CT molecular complexity index is 260. The molecule has 0 bridgehead atoms. The molecule has 0 aromatic carbocycles. The van der Waals surface area contributed by atoms with Crippen LogP contribution in [0.1, 0.15) is 52.9 Å². The highest BCUT2D eigenvalue weighted by Gasteiger charge is 2.34. The van der Waals surface area contributed by atoms with Crippen LogP contribution in [0.15, 0.2) is 12.2 Å². The number of rotatable bonds is 7. The molecule has 1 aliphatic rings. The van der Waals surface area contributed by atoms with E-state index in [-0.39, 0.29) is 5.54 Å². The molecule has 0 saturated heterocycles. The van der Waals surface area contributed by atoms with Crippen molar-refractivity contribution in [3.63, 3.8) is 0 Å². The third-order valence-electron chi connectivity index (χ3n) is 3.54. The predicted octanol–water partition coefficient (Wildman–Crippen LogP) is 4.73. The normalized spacial score (nSPS) is 22.6. The average molecular weight is 292 g/mol. The summed E-state index contributed by atoms with van der Waals surface area (Å²) in [7, 11) is 0. The van der Waals surface area contributed by atoms with Gasteiger partial charge in [-0.25, -0.2) is 0 Å². The molecular formula is C15H27Cl2N. The molecule has 3 heteroatoms. The van der Waals surface area contributed by atoms with Gasteiger partial charge in [-0.1, -0.05) is 12.2 Å². The largest absolute Gasteiger partial charge is 0.306 e. The molecule has 1 N–H and O–H groups in total. The van der Waals surface area contributed by atoms with Crippen LogP contribution in [0.25, 0.3) is 0 Å². The average Bonchev–Trinajstić information content (AvgIpc) is 2.65. The van der Waals surface area contributed by atoms with Crippen molar-refractivity contribution < 1.29 is 0 Å². The van der Waals surface area contributed by atoms with Gasteiger partial charge in [0.2, 0.25) is 0 Å². The molecule has 0 radical (unpaired) electrons. The second-order valence-electron chi connectivity index (χ2n) is 6.51. The second-order valence-corrected chi connectivity index (χ2v) is 7.27. The summed E-state index contributed by atoms with van der Waals surface area (Å²) in [6.45, 7) is 6.66. The summed E-state index contributed by atoms with van der Waals surface area (Å²) in [5, 5.41) is 3.67. The van der Waals surface area contributed by atoms with Crippen molar-refractivity contribution in [3.05, 3.63) is 12.2 Å². The Balaban J connectivity index is 2.57. The molecule has 0 aliphatic heterocycles. The van der Waals surface area contributed by atoms with Gasteiger partial charge in [0.1, 0.15) is 0 Å². The molecular weight excluding hydrogens is 265 g/mol. The highest BCUT2D eigenvalue weighted by atomic mass is 35.5. The minimum atomic E-state index is 0.171. The molecule has 1 nitrogen and oxygen atoms in total. The van der Waals surface area contributed by atoms with Gasteiger partial charge in [-0.2, -0.15) is 0 Å². The van der Waals surface area contributed by atoms with Crippen LogP contribution < -0.4 is 5.32 Å². The van der Waals surface area contributed by atoms with Gasteiger partial charge < -0.3 is 5.32 Å². The van der Waals surface area contributed by atoms with Crippen LogP contribution in [0, 0.1) is 5.41 Å². The van der Waals surface area contributed by atoms with Gasteiger partial charge in [0, 0.05) is 23.3 Å². The number of hydrogen-bond donors (Lipinski definition) is 1. The van der Waals surface area contributed by atoms with Crippen molar-refractivity contribution in [3.8, 4) is 0 Å². The van der Waals surface area contributed by atoms with Gasteiger partial charge in [0.15, 0.2) is 0 Å². The lowest BCUT2D eigenvalue weighted by molar-refractivity contribution is 0.270. The fraction of sp³-hybridized carbons (Fsp3) is 0.867. The van der Waals surface area contributed by atoms with Gasteiger partial charge in [-0.05, 0) is 58.3 Å². The monoisotopic (exact) mass is 291 g/mol. The third kappa shape index (κ3) is 5.50. The minimum absolute atomic E-state index is 0.171. The zero-order valence-corrected chi connectivity index (χ0v) is 13.4. The highest BCUT2D eigenvalue weighted by molar-refractivity contribution is 6.18. The molecule has 106 valence electrons. The van der Waals surface area contributed by atoms with E-state index in [9.17, 15) is 0 Å². The first kappa shape index (κ1) is 16.3. The molecule has 0 spiro atoms. The third-order valence-corrected chi connectivity index (χ3v) is 4.08. The van der Waals surface area contributed by atoms with Crippen molar-refractivity contribution in [1.29, 1.82) is 0 Å². The molecule has 0 aromatic rings. The second kappa shape index (κ2) is 7.17. The van der Waals surface area contributed by atoms with Gasteiger partial charge in [0.05, 0.1) is 0 Å². The SMILES string of the molecule is CC(C)(C)NC1C=CC(CCCCl)(CCCCl)C1. The molecule has 1 unspecified atom stereocenters. The van der Waals surface area contributed by atoms with E-state index in [4.69, 9.17) is 23.2 Å². The summed E-state index contributed by atoms with van der Waals surface area (Å²) in [6.07, 6.45) is 10.5. The molecule has 0 saturated carbocycles. The van der Waals surface area contributed by atoms with Crippen molar-refractivity contribution in [2.24, 2.45) is 5.41 Å². The van der Waals surface area contributed by atoms with Gasteiger partial charge in [0.25, 0.3) is 0 Å². The van der Waals surface area contributed by atoms with Crippen LogP contribution >= 0.6 is 23.2 Å². The lowest BCUT2D eigenvalue weighted by Crippen LogP contribution is -2.43. The first-order chi connectivity index (χ1) is 8.41. The van der Waals surface area contributed by atoms with Gasteiger partial charge in [-0.3, -0.25) is 0 Å². The molecule has 1 aliphatic carbocycles. The number of hydrogen-bond acceptors (Lipinski definition) is 1. The molecule has 18 heavy (non-hydrogen) atoms. The molecule has 1 atom stereocenters. The maximum atomic E-state index is 5.85. The Morgan fingerprint density at radius 3 is 2.17 bits per heavy atom. The number of halogens is 2. The molecule has 0 heterocycles. The van der Waals surface area contributed by atoms with Crippen LogP contribution in [0.4, 0.5) is 0 Å². The topological polar surface area (TPSA) is 12.0 Å². The van der Waals surface area contributed by atoms with Crippen LogP contribution in [-0.2, 0) is 0 Å². The van der Waals surface area contributed by atoms with E-state index in [1.807, 2.05) is 0 Å². The highest BCUT2D eigenvalue weighted by Crippen LogP contribution is 2.41. The summed E-state index contributed by atoms with van der Waals surface area (Å²) < 4.78 is 0. The molecule has 0 amide bonds. The summed E-state index contributed by atoms with van der Waals surface area (Å²) in [6, 6.07) is 0.496. The van der Waals surface area contributed by atoms with Gasteiger partial charge in [-0.15, -0.1) is 23.2 Å². The minimum Gasteiger partial charge on any atom is -0.306 e. The first-order valence-corrected chi connectivity index (χ1v) is 8.07. The first-order valence-electron chi connectivity index (χ1n) is 7.00. The summed E-state index contributed by atoms with van der Waals surface area (Å²) in [5.74, 6) is 1.52. The van der Waals surface area contributed by atoms with Crippen LogP contribution in [-0.4, -0.2) is 23.3 Å². The zero-order chi connectivity index (χ0) is 13.6. The molecule has 0 fully saturated rings. The van der Waals surface area contributed by atoms with Gasteiger partial charge >= 0.3 is 0 Å². The molecule has 0 aromatic heterocycles. The van der Waals surface area contributed by atoms with E-state index < -0.39 is 0 Å². The summed E-state index contributed by atoms with van der Waals surface area (Å²) >= 11 is 11.7. The Morgan fingerprint density at radius 1 is 1.17 bits per heavy atom. The number of allylic oxidation sites excluding steroid dienone is 1. The van der Waals surface area contributed by atoms with Crippen molar-refractivity contribution >= 4 is 23.2 Å². The zero-order valence-electron chi connectivity index (χ0n) is 11.9. The number of alkyl halides is 2. The van der Waals surface area contributed by atoms with E-state index >= 15 is 0 Å². The number of nitrogens with one attached hydrogen (secondary N) is 1.